The third kappa shape index (κ3) is 3.28. The molecule has 9 heavy (non-hydrogen) atoms. The lowest BCUT2D eigenvalue weighted by Crippen LogP contribution is -2.33. The average Bonchev–Trinajstić information content (AvgIpc) is 1.64. The van der Waals surface area contributed by atoms with Crippen LogP contribution in [0.4, 0.5) is 13.2 Å². The Morgan fingerprint density at radius 2 is 2.00 bits per heavy atom. The summed E-state index contributed by atoms with van der Waals surface area (Å²) in [5.41, 5.74) is 0. The van der Waals surface area contributed by atoms with Crippen molar-refractivity contribution in [2.24, 2.45) is 5.90 Å². The van der Waals surface area contributed by atoms with E-state index >= 15 is 0 Å². The Balaban J connectivity index is 3.59. The molecule has 0 aromatic carbocycles. The summed E-state index contributed by atoms with van der Waals surface area (Å²) in [5.74, 6) is 4.27. The minimum absolute atomic E-state index is 0.927. The molecular weight excluding hydrogens is 139 g/mol. The fourth-order valence-corrected chi connectivity index (χ4v) is 0.186. The van der Waals surface area contributed by atoms with Gasteiger partial charge in [0.2, 0.25) is 0 Å². The fraction of sp³-hybridized carbons (Fsp3) is 1.00. The Morgan fingerprint density at radius 3 is 2.11 bits per heavy atom. The van der Waals surface area contributed by atoms with Gasteiger partial charge in [-0.1, -0.05) is 0 Å². The maximum absolute atomic E-state index is 11.3. The third-order valence-electron chi connectivity index (χ3n) is 0.632. The topological polar surface area (TPSA) is 55.5 Å². The third-order valence-corrected chi connectivity index (χ3v) is 0.632. The van der Waals surface area contributed by atoms with E-state index in [1.54, 1.807) is 0 Å². The average molecular weight is 145 g/mol. The van der Waals surface area contributed by atoms with E-state index in [0.717, 1.165) is 0 Å². The number of hydrogen-bond donors (Lipinski definition) is 2. The van der Waals surface area contributed by atoms with Gasteiger partial charge in [-0.25, -0.2) is 5.90 Å². The van der Waals surface area contributed by atoms with Crippen LogP contribution < -0.4 is 5.90 Å². The molecule has 0 amide bonds. The predicted molar refractivity (Wildman–Crippen MR) is 22.2 cm³/mol. The van der Waals surface area contributed by atoms with Crippen LogP contribution in [0.15, 0.2) is 0 Å². The monoisotopic (exact) mass is 145 g/mol. The Morgan fingerprint density at radius 1 is 1.56 bits per heavy atom. The van der Waals surface area contributed by atoms with Gasteiger partial charge in [-0.3, -0.25) is 0 Å². The second kappa shape index (κ2) is 3.00. The van der Waals surface area contributed by atoms with Crippen molar-refractivity contribution in [3.8, 4) is 0 Å². The molecule has 0 aliphatic rings. The van der Waals surface area contributed by atoms with Gasteiger partial charge in [0, 0.05) is 0 Å². The van der Waals surface area contributed by atoms with Crippen LogP contribution in [0.1, 0.15) is 0 Å². The van der Waals surface area contributed by atoms with Gasteiger partial charge in [0.15, 0.2) is 6.10 Å². The second-order valence-corrected chi connectivity index (χ2v) is 1.39. The SMILES string of the molecule is NOCC(O)C(F)(F)F. The van der Waals surface area contributed by atoms with Crippen LogP contribution in [0.25, 0.3) is 0 Å². The van der Waals surface area contributed by atoms with Gasteiger partial charge < -0.3 is 9.94 Å². The Labute approximate surface area is 49.2 Å². The summed E-state index contributed by atoms with van der Waals surface area (Å²) in [7, 11) is 0. The van der Waals surface area contributed by atoms with Crippen molar-refractivity contribution in [2.75, 3.05) is 6.61 Å². The maximum Gasteiger partial charge on any atom is 0.416 e. The first-order valence-corrected chi connectivity index (χ1v) is 2.05. The molecule has 1 unspecified atom stereocenters. The number of halogens is 3. The highest BCUT2D eigenvalue weighted by Gasteiger charge is 2.38. The zero-order chi connectivity index (χ0) is 7.49. The number of aliphatic hydroxyl groups is 1. The first kappa shape index (κ1) is 8.67. The molecule has 0 bridgehead atoms. The summed E-state index contributed by atoms with van der Waals surface area (Å²) in [5, 5.41) is 8.06. The largest absolute Gasteiger partial charge is 0.416 e. The van der Waals surface area contributed by atoms with Crippen molar-refractivity contribution < 1.29 is 23.1 Å². The van der Waals surface area contributed by atoms with Gasteiger partial charge in [0.25, 0.3) is 0 Å². The van der Waals surface area contributed by atoms with Gasteiger partial charge in [0.05, 0.1) is 0 Å². The first-order chi connectivity index (χ1) is 3.98. The van der Waals surface area contributed by atoms with Crippen molar-refractivity contribution in [2.45, 2.75) is 12.3 Å². The van der Waals surface area contributed by atoms with Gasteiger partial charge in [-0.15, -0.1) is 0 Å². The zero-order valence-corrected chi connectivity index (χ0v) is 4.35. The maximum atomic E-state index is 11.3. The molecule has 0 rings (SSSR count). The predicted octanol–water partition coefficient (Wildman–Crippen LogP) is -0.200. The summed E-state index contributed by atoms with van der Waals surface area (Å²) in [4.78, 5) is 3.56. The van der Waals surface area contributed by atoms with Crippen molar-refractivity contribution in [3.63, 3.8) is 0 Å². The fourth-order valence-electron chi connectivity index (χ4n) is 0.186. The molecule has 0 fully saturated rings. The van der Waals surface area contributed by atoms with Crippen molar-refractivity contribution in [3.05, 3.63) is 0 Å². The molecule has 0 aliphatic carbocycles. The van der Waals surface area contributed by atoms with E-state index in [-0.39, 0.29) is 0 Å². The molecule has 0 radical (unpaired) electrons. The second-order valence-electron chi connectivity index (χ2n) is 1.39. The number of alkyl halides is 3. The lowest BCUT2D eigenvalue weighted by Gasteiger charge is -2.11. The van der Waals surface area contributed by atoms with Crippen LogP contribution in [0, 0.1) is 0 Å². The van der Waals surface area contributed by atoms with E-state index < -0.39 is 18.9 Å². The number of hydrogen-bond acceptors (Lipinski definition) is 3. The lowest BCUT2D eigenvalue weighted by atomic mass is 10.4. The molecule has 3 nitrogen and oxygen atoms in total. The standard InChI is InChI=1S/C3H6F3NO2/c4-3(5,6)2(8)1-9-7/h2,8H,1,7H2. The smallest absolute Gasteiger partial charge is 0.381 e. The lowest BCUT2D eigenvalue weighted by molar-refractivity contribution is -0.217. The van der Waals surface area contributed by atoms with Crippen LogP contribution >= 0.6 is 0 Å². The van der Waals surface area contributed by atoms with Crippen LogP contribution in [0.5, 0.6) is 0 Å². The Bertz CT molecular complexity index is 83.6. The number of aliphatic hydroxyl groups excluding tert-OH is 1. The zero-order valence-electron chi connectivity index (χ0n) is 4.35. The van der Waals surface area contributed by atoms with Crippen LogP contribution in [0.3, 0.4) is 0 Å². The number of rotatable bonds is 2. The van der Waals surface area contributed by atoms with E-state index in [4.69, 9.17) is 5.11 Å². The first-order valence-electron chi connectivity index (χ1n) is 2.05. The summed E-state index contributed by atoms with van der Waals surface area (Å²) in [6.07, 6.45) is -7.12. The summed E-state index contributed by atoms with van der Waals surface area (Å²) < 4.78 is 33.8. The van der Waals surface area contributed by atoms with Crippen molar-refractivity contribution in [1.82, 2.24) is 0 Å². The quantitative estimate of drug-likeness (QED) is 0.529. The molecule has 3 N–H and O–H groups in total. The molecule has 0 spiro atoms. The molecule has 0 saturated carbocycles. The highest BCUT2D eigenvalue weighted by Crippen LogP contribution is 2.19. The highest BCUT2D eigenvalue weighted by atomic mass is 19.4. The van der Waals surface area contributed by atoms with Crippen LogP contribution in [0.2, 0.25) is 0 Å². The van der Waals surface area contributed by atoms with Crippen LogP contribution in [-0.4, -0.2) is 24.0 Å². The molecule has 0 aliphatic heterocycles. The molecule has 0 aromatic rings. The summed E-state index contributed by atoms with van der Waals surface area (Å²) >= 11 is 0. The Kier molecular flexibility index (Phi) is 2.89. The number of nitrogens with two attached hydrogens (primary N) is 1. The van der Waals surface area contributed by atoms with Gasteiger partial charge in [-0.05, 0) is 0 Å². The highest BCUT2D eigenvalue weighted by molar-refractivity contribution is 4.62. The van der Waals surface area contributed by atoms with Gasteiger partial charge in [0.1, 0.15) is 6.61 Å². The van der Waals surface area contributed by atoms with E-state index in [0.29, 0.717) is 0 Å². The minimum Gasteiger partial charge on any atom is -0.381 e. The molecule has 6 heteroatoms. The minimum atomic E-state index is -4.64. The van der Waals surface area contributed by atoms with Crippen molar-refractivity contribution >= 4 is 0 Å². The normalized spacial score (nSPS) is 15.7. The van der Waals surface area contributed by atoms with Crippen LogP contribution in [-0.2, 0) is 4.84 Å². The summed E-state index contributed by atoms with van der Waals surface area (Å²) in [6.45, 7) is -0.927. The van der Waals surface area contributed by atoms with E-state index in [9.17, 15) is 13.2 Å². The molecule has 0 saturated heterocycles. The molecule has 56 valence electrons. The molecule has 0 aromatic heterocycles. The molecular formula is C3H6F3NO2. The summed E-state index contributed by atoms with van der Waals surface area (Å²) in [6, 6.07) is 0. The molecule has 0 heterocycles. The van der Waals surface area contributed by atoms with E-state index in [1.165, 1.54) is 0 Å². The van der Waals surface area contributed by atoms with E-state index in [2.05, 4.69) is 10.7 Å². The van der Waals surface area contributed by atoms with Gasteiger partial charge >= 0.3 is 6.18 Å². The van der Waals surface area contributed by atoms with Gasteiger partial charge in [-0.2, -0.15) is 13.2 Å². The van der Waals surface area contributed by atoms with E-state index in [1.807, 2.05) is 0 Å². The van der Waals surface area contributed by atoms with Crippen molar-refractivity contribution in [1.29, 1.82) is 0 Å². The molecule has 1 atom stereocenters. The Hall–Kier alpha value is -0.330.